The molecule has 0 fully saturated rings. The molecule has 0 unspecified atom stereocenters. The van der Waals surface area contributed by atoms with Gasteiger partial charge in [-0.15, -0.1) is 24.0 Å². The van der Waals surface area contributed by atoms with Gasteiger partial charge in [0.1, 0.15) is 5.82 Å². The molecule has 0 radical (unpaired) electrons. The standard InChI is InChI=1S/C18H23FN6.HI/c1-20-18(22-6-2-9-25-10-8-21-13-25)23-7-5-14-12-24-17-4-3-15(19)11-16(14)17;/h3-4,8,10-13,24H,2,5-7,9H2,1H3,(H2,20,22,23);1H. The minimum absolute atomic E-state index is 0. The molecule has 3 rings (SSSR count). The molecule has 0 atom stereocenters. The van der Waals surface area contributed by atoms with Crippen molar-refractivity contribution >= 4 is 40.8 Å². The van der Waals surface area contributed by atoms with E-state index in [1.807, 2.05) is 23.3 Å². The number of fused-ring (bicyclic) bond motifs is 1. The van der Waals surface area contributed by atoms with Crippen LogP contribution in [0.25, 0.3) is 10.9 Å². The van der Waals surface area contributed by atoms with Crippen LogP contribution in [0.2, 0.25) is 0 Å². The highest BCUT2D eigenvalue weighted by molar-refractivity contribution is 14.0. The maximum Gasteiger partial charge on any atom is 0.190 e. The lowest BCUT2D eigenvalue weighted by molar-refractivity contribution is 0.624. The average molecular weight is 470 g/mol. The largest absolute Gasteiger partial charge is 0.361 e. The van der Waals surface area contributed by atoms with Crippen LogP contribution < -0.4 is 10.6 Å². The smallest absolute Gasteiger partial charge is 0.190 e. The summed E-state index contributed by atoms with van der Waals surface area (Å²) in [6, 6.07) is 4.81. The van der Waals surface area contributed by atoms with E-state index in [0.29, 0.717) is 0 Å². The van der Waals surface area contributed by atoms with Crippen molar-refractivity contribution in [1.82, 2.24) is 25.2 Å². The van der Waals surface area contributed by atoms with Crippen LogP contribution in [0.1, 0.15) is 12.0 Å². The van der Waals surface area contributed by atoms with Crippen molar-refractivity contribution in [3.63, 3.8) is 0 Å². The summed E-state index contributed by atoms with van der Waals surface area (Å²) < 4.78 is 15.5. The van der Waals surface area contributed by atoms with Crippen molar-refractivity contribution in [3.8, 4) is 0 Å². The second-order valence-electron chi connectivity index (χ2n) is 5.83. The van der Waals surface area contributed by atoms with Gasteiger partial charge in [-0.05, 0) is 36.6 Å². The van der Waals surface area contributed by atoms with Gasteiger partial charge in [0.25, 0.3) is 0 Å². The van der Waals surface area contributed by atoms with Crippen molar-refractivity contribution in [3.05, 3.63) is 54.5 Å². The van der Waals surface area contributed by atoms with Crippen molar-refractivity contribution in [2.75, 3.05) is 20.1 Å². The van der Waals surface area contributed by atoms with E-state index in [9.17, 15) is 4.39 Å². The lowest BCUT2D eigenvalue weighted by Crippen LogP contribution is -2.38. The van der Waals surface area contributed by atoms with Crippen LogP contribution in [0.5, 0.6) is 0 Å². The topological polar surface area (TPSA) is 70.0 Å². The van der Waals surface area contributed by atoms with Gasteiger partial charge in [-0.2, -0.15) is 0 Å². The number of halogens is 2. The van der Waals surface area contributed by atoms with E-state index >= 15 is 0 Å². The number of aryl methyl sites for hydroxylation is 1. The fourth-order valence-electron chi connectivity index (χ4n) is 2.78. The van der Waals surface area contributed by atoms with Crippen LogP contribution in [0.4, 0.5) is 4.39 Å². The van der Waals surface area contributed by atoms with E-state index in [1.54, 1.807) is 25.4 Å². The molecular weight excluding hydrogens is 446 g/mol. The van der Waals surface area contributed by atoms with Gasteiger partial charge in [-0.3, -0.25) is 4.99 Å². The molecule has 0 aliphatic rings. The molecule has 0 amide bonds. The number of imidazole rings is 1. The van der Waals surface area contributed by atoms with Gasteiger partial charge >= 0.3 is 0 Å². The van der Waals surface area contributed by atoms with Gasteiger partial charge in [0, 0.05) is 56.2 Å². The predicted octanol–water partition coefficient (Wildman–Crippen LogP) is 2.92. The average Bonchev–Trinajstić information content (AvgIpc) is 3.27. The van der Waals surface area contributed by atoms with Crippen molar-refractivity contribution in [2.45, 2.75) is 19.4 Å². The molecule has 2 aromatic heterocycles. The third-order valence-corrected chi connectivity index (χ3v) is 4.08. The predicted molar refractivity (Wildman–Crippen MR) is 114 cm³/mol. The lowest BCUT2D eigenvalue weighted by Gasteiger charge is -2.11. The Bertz CT molecular complexity index is 827. The highest BCUT2D eigenvalue weighted by atomic mass is 127. The molecule has 2 heterocycles. The first-order chi connectivity index (χ1) is 12.3. The molecule has 0 spiro atoms. The summed E-state index contributed by atoms with van der Waals surface area (Å²) in [5.41, 5.74) is 2.05. The van der Waals surface area contributed by atoms with Crippen LogP contribution in [-0.2, 0) is 13.0 Å². The first-order valence-corrected chi connectivity index (χ1v) is 8.42. The van der Waals surface area contributed by atoms with E-state index in [1.165, 1.54) is 6.07 Å². The molecule has 26 heavy (non-hydrogen) atoms. The van der Waals surface area contributed by atoms with E-state index in [4.69, 9.17) is 0 Å². The summed E-state index contributed by atoms with van der Waals surface area (Å²) >= 11 is 0. The number of guanidine groups is 1. The maximum atomic E-state index is 13.4. The zero-order valence-electron chi connectivity index (χ0n) is 14.7. The summed E-state index contributed by atoms with van der Waals surface area (Å²) in [6.07, 6.45) is 9.27. The summed E-state index contributed by atoms with van der Waals surface area (Å²) in [6.45, 7) is 2.48. The number of nitrogens with zero attached hydrogens (tertiary/aromatic N) is 3. The number of benzene rings is 1. The highest BCUT2D eigenvalue weighted by Crippen LogP contribution is 2.19. The first-order valence-electron chi connectivity index (χ1n) is 8.42. The molecule has 0 bridgehead atoms. The van der Waals surface area contributed by atoms with Crippen LogP contribution in [0.15, 0.2) is 48.1 Å². The molecule has 3 N–H and O–H groups in total. The van der Waals surface area contributed by atoms with Crippen molar-refractivity contribution in [1.29, 1.82) is 0 Å². The minimum atomic E-state index is -0.211. The summed E-state index contributed by atoms with van der Waals surface area (Å²) in [4.78, 5) is 11.4. The van der Waals surface area contributed by atoms with Gasteiger partial charge in [0.2, 0.25) is 0 Å². The number of aromatic amines is 1. The fourth-order valence-corrected chi connectivity index (χ4v) is 2.78. The Labute approximate surface area is 169 Å². The van der Waals surface area contributed by atoms with Crippen LogP contribution in [-0.4, -0.2) is 40.6 Å². The quantitative estimate of drug-likeness (QED) is 0.215. The number of nitrogens with one attached hydrogen (secondary N) is 3. The monoisotopic (exact) mass is 470 g/mol. The first kappa shape index (κ1) is 20.2. The molecule has 3 aromatic rings. The van der Waals surface area contributed by atoms with E-state index in [0.717, 1.165) is 54.9 Å². The Morgan fingerprint density at radius 1 is 1.31 bits per heavy atom. The molecular formula is C18H24FIN6. The number of hydrogen-bond acceptors (Lipinski definition) is 2. The Balaban J connectivity index is 0.00000243. The number of rotatable bonds is 7. The minimum Gasteiger partial charge on any atom is -0.361 e. The summed E-state index contributed by atoms with van der Waals surface area (Å²) in [5.74, 6) is 0.563. The van der Waals surface area contributed by atoms with Crippen molar-refractivity contribution < 1.29 is 4.39 Å². The summed E-state index contributed by atoms with van der Waals surface area (Å²) in [5, 5.41) is 7.52. The Hall–Kier alpha value is -2.10. The third kappa shape index (κ3) is 5.45. The lowest BCUT2D eigenvalue weighted by atomic mass is 10.1. The molecule has 1 aromatic carbocycles. The molecule has 0 saturated carbocycles. The number of hydrogen-bond donors (Lipinski definition) is 3. The zero-order chi connectivity index (χ0) is 17.5. The van der Waals surface area contributed by atoms with E-state index in [2.05, 4.69) is 25.6 Å². The van der Waals surface area contributed by atoms with Gasteiger partial charge in [0.05, 0.1) is 6.33 Å². The van der Waals surface area contributed by atoms with Crippen LogP contribution >= 0.6 is 24.0 Å². The number of aliphatic imine (C=N–C) groups is 1. The van der Waals surface area contributed by atoms with E-state index in [-0.39, 0.29) is 29.8 Å². The van der Waals surface area contributed by atoms with Gasteiger partial charge in [-0.1, -0.05) is 0 Å². The van der Waals surface area contributed by atoms with Crippen LogP contribution in [0.3, 0.4) is 0 Å². The molecule has 0 aliphatic carbocycles. The second kappa shape index (κ2) is 10.1. The normalized spacial score (nSPS) is 11.4. The third-order valence-electron chi connectivity index (χ3n) is 4.08. The number of aromatic nitrogens is 3. The SMILES string of the molecule is CN=C(NCCCn1ccnc1)NCCc1c[nH]c2ccc(F)cc12.I. The van der Waals surface area contributed by atoms with Crippen LogP contribution in [0, 0.1) is 5.82 Å². The molecule has 6 nitrogen and oxygen atoms in total. The molecule has 140 valence electrons. The maximum absolute atomic E-state index is 13.4. The Morgan fingerprint density at radius 3 is 2.92 bits per heavy atom. The van der Waals surface area contributed by atoms with Gasteiger partial charge in [0.15, 0.2) is 5.96 Å². The van der Waals surface area contributed by atoms with E-state index < -0.39 is 0 Å². The van der Waals surface area contributed by atoms with Crippen molar-refractivity contribution in [2.24, 2.45) is 4.99 Å². The number of H-pyrrole nitrogens is 1. The molecule has 8 heteroatoms. The highest BCUT2D eigenvalue weighted by Gasteiger charge is 2.05. The second-order valence-corrected chi connectivity index (χ2v) is 5.83. The van der Waals surface area contributed by atoms with Gasteiger partial charge < -0.3 is 20.2 Å². The summed E-state index contributed by atoms with van der Waals surface area (Å²) in [7, 11) is 1.76. The molecule has 0 saturated heterocycles. The fraction of sp³-hybridized carbons (Fsp3) is 0.333. The zero-order valence-corrected chi connectivity index (χ0v) is 17.0. The Kier molecular flexibility index (Phi) is 7.89. The molecule has 0 aliphatic heterocycles. The Morgan fingerprint density at radius 2 is 2.15 bits per heavy atom. The van der Waals surface area contributed by atoms with Gasteiger partial charge in [-0.25, -0.2) is 9.37 Å².